The first-order valence-corrected chi connectivity index (χ1v) is 10.9. The predicted octanol–water partition coefficient (Wildman–Crippen LogP) is -1.97. The fourth-order valence-corrected chi connectivity index (χ4v) is 4.39. The first-order valence-electron chi connectivity index (χ1n) is 10.9. The molecule has 2 amide bonds. The number of aliphatic hydroxyl groups is 1. The minimum absolute atomic E-state index is 0.0311. The van der Waals surface area contributed by atoms with E-state index in [1.54, 1.807) is 31.4 Å². The molecule has 1 saturated heterocycles. The first kappa shape index (κ1) is 24.1. The zero-order valence-electron chi connectivity index (χ0n) is 19.2. The molecular weight excluding hydrogens is 442 g/mol. The number of H-pyrrole nitrogens is 1. The van der Waals surface area contributed by atoms with Crippen LogP contribution in [-0.4, -0.2) is 72.0 Å². The minimum Gasteiger partial charge on any atom is -0.389 e. The van der Waals surface area contributed by atoms with Gasteiger partial charge in [0, 0.05) is 23.7 Å². The number of rotatable bonds is 5. The van der Waals surface area contributed by atoms with Gasteiger partial charge in [0.15, 0.2) is 0 Å². The van der Waals surface area contributed by atoms with Crippen molar-refractivity contribution in [2.45, 2.75) is 22.6 Å². The van der Waals surface area contributed by atoms with Gasteiger partial charge < -0.3 is 20.7 Å². The van der Waals surface area contributed by atoms with E-state index in [4.69, 9.17) is 0 Å². The molecule has 2 atom stereocenters. The fourth-order valence-electron chi connectivity index (χ4n) is 4.39. The van der Waals surface area contributed by atoms with E-state index >= 15 is 0 Å². The molecule has 34 heavy (non-hydrogen) atoms. The van der Waals surface area contributed by atoms with Crippen LogP contribution in [0.3, 0.4) is 0 Å². The van der Waals surface area contributed by atoms with E-state index in [1.807, 2.05) is 0 Å². The topological polar surface area (TPSA) is 94.2 Å². The van der Waals surface area contributed by atoms with E-state index in [0.717, 1.165) is 6.07 Å². The van der Waals surface area contributed by atoms with Crippen LogP contribution in [0.15, 0.2) is 36.4 Å². The van der Waals surface area contributed by atoms with Gasteiger partial charge >= 0.3 is 0 Å². The second-order valence-electron chi connectivity index (χ2n) is 9.71. The SMILES string of the molecule is BC(B)(C(=O)N[C@@H]1C(=O)NC[C@H]1O)C(B)(B)c1c(-c2ccc(F)cc2)[nH]c2c(F)cc(F)cc12. The van der Waals surface area contributed by atoms with Gasteiger partial charge in [-0.05, 0) is 46.7 Å². The molecule has 1 aromatic heterocycles. The van der Waals surface area contributed by atoms with Crippen LogP contribution in [0.5, 0.6) is 0 Å². The van der Waals surface area contributed by atoms with Crippen molar-refractivity contribution in [3.63, 3.8) is 0 Å². The smallest absolute Gasteiger partial charge is 0.245 e. The third-order valence-electron chi connectivity index (χ3n) is 7.15. The maximum Gasteiger partial charge on any atom is 0.245 e. The highest BCUT2D eigenvalue weighted by Gasteiger charge is 2.48. The maximum atomic E-state index is 14.7. The Kier molecular flexibility index (Phi) is 5.88. The lowest BCUT2D eigenvalue weighted by atomic mass is 9.27. The van der Waals surface area contributed by atoms with Gasteiger partial charge in [-0.15, -0.1) is 0 Å². The van der Waals surface area contributed by atoms with Crippen molar-refractivity contribution in [1.29, 1.82) is 0 Å². The fraction of sp³-hybridized carbons (Fsp3) is 0.238. The van der Waals surface area contributed by atoms with Crippen LogP contribution in [0.1, 0.15) is 5.56 Å². The van der Waals surface area contributed by atoms with Gasteiger partial charge in [-0.3, -0.25) is 9.59 Å². The minimum atomic E-state index is -1.22. The van der Waals surface area contributed by atoms with E-state index in [1.165, 1.54) is 30.3 Å². The van der Waals surface area contributed by atoms with Crippen LogP contribution in [-0.2, 0) is 14.8 Å². The first-order chi connectivity index (χ1) is 15.8. The van der Waals surface area contributed by atoms with Crippen molar-refractivity contribution in [2.24, 2.45) is 0 Å². The van der Waals surface area contributed by atoms with Crippen molar-refractivity contribution in [3.05, 3.63) is 59.4 Å². The zero-order valence-corrected chi connectivity index (χ0v) is 19.2. The molecule has 4 N–H and O–H groups in total. The predicted molar refractivity (Wildman–Crippen MR) is 133 cm³/mol. The molecule has 2 aromatic carbocycles. The molecule has 0 aliphatic carbocycles. The van der Waals surface area contributed by atoms with Gasteiger partial charge in [0.05, 0.1) is 5.52 Å². The number of aromatic amines is 1. The van der Waals surface area contributed by atoms with Gasteiger partial charge in [-0.1, -0.05) is 5.21 Å². The summed E-state index contributed by atoms with van der Waals surface area (Å²) in [6.07, 6.45) is -1.07. The molecule has 172 valence electrons. The molecule has 1 aliphatic heterocycles. The lowest BCUT2D eigenvalue weighted by Crippen LogP contribution is -2.56. The van der Waals surface area contributed by atoms with E-state index < -0.39 is 51.8 Å². The summed E-state index contributed by atoms with van der Waals surface area (Å²) in [6.45, 7) is 0.0311. The number of aliphatic hydroxyl groups excluding tert-OH is 1. The van der Waals surface area contributed by atoms with Gasteiger partial charge in [0.1, 0.15) is 61.0 Å². The molecule has 0 spiro atoms. The summed E-state index contributed by atoms with van der Waals surface area (Å²) in [7, 11) is 6.83. The molecule has 0 bridgehead atoms. The largest absolute Gasteiger partial charge is 0.389 e. The van der Waals surface area contributed by atoms with Crippen LogP contribution >= 0.6 is 0 Å². The Bertz CT molecular complexity index is 1300. The Morgan fingerprint density at radius 2 is 1.71 bits per heavy atom. The maximum absolute atomic E-state index is 14.7. The van der Waals surface area contributed by atoms with E-state index in [9.17, 15) is 27.9 Å². The van der Waals surface area contributed by atoms with Crippen LogP contribution in [0.25, 0.3) is 22.2 Å². The summed E-state index contributed by atoms with van der Waals surface area (Å²) in [5.41, 5.74) is 1.47. The lowest BCUT2D eigenvalue weighted by molar-refractivity contribution is -0.129. The summed E-state index contributed by atoms with van der Waals surface area (Å²) in [6, 6.07) is 6.40. The van der Waals surface area contributed by atoms with Gasteiger partial charge in [0.25, 0.3) is 0 Å². The van der Waals surface area contributed by atoms with Crippen LogP contribution in [0.2, 0.25) is 5.21 Å². The Balaban J connectivity index is 1.87. The number of hydrogen-bond acceptors (Lipinski definition) is 3. The van der Waals surface area contributed by atoms with Crippen molar-refractivity contribution in [2.75, 3.05) is 6.54 Å². The molecule has 0 unspecified atom stereocenters. The average Bonchev–Trinajstić information content (AvgIpc) is 3.30. The number of amides is 2. The van der Waals surface area contributed by atoms with Gasteiger partial charge in [0.2, 0.25) is 11.8 Å². The normalized spacial score (nSPS) is 18.8. The molecule has 3 aromatic rings. The van der Waals surface area contributed by atoms with Gasteiger partial charge in [-0.2, -0.15) is 0 Å². The molecular formula is C21H22B4F3N3O3. The number of aromatic nitrogens is 1. The average molecular weight is 465 g/mol. The molecule has 0 radical (unpaired) electrons. The van der Waals surface area contributed by atoms with Crippen LogP contribution < -0.4 is 10.6 Å². The molecule has 1 aliphatic rings. The highest BCUT2D eigenvalue weighted by molar-refractivity contribution is 6.61. The van der Waals surface area contributed by atoms with E-state index in [0.29, 0.717) is 16.8 Å². The Morgan fingerprint density at radius 1 is 1.06 bits per heavy atom. The summed E-state index contributed by atoms with van der Waals surface area (Å²) in [5, 5.41) is 13.1. The van der Waals surface area contributed by atoms with Crippen molar-refractivity contribution in [3.8, 4) is 11.3 Å². The highest BCUT2D eigenvalue weighted by Crippen LogP contribution is 2.46. The summed E-state index contributed by atoms with van der Waals surface area (Å²) in [5.74, 6) is -3.04. The second kappa shape index (κ2) is 8.30. The number of carbonyl (C=O) groups is 2. The summed E-state index contributed by atoms with van der Waals surface area (Å²) in [4.78, 5) is 28.4. The number of halogens is 3. The molecule has 6 nitrogen and oxygen atoms in total. The second-order valence-corrected chi connectivity index (χ2v) is 9.71. The van der Waals surface area contributed by atoms with Crippen molar-refractivity contribution in [1.82, 2.24) is 15.6 Å². The number of nitrogens with one attached hydrogen (secondary N) is 3. The zero-order chi connectivity index (χ0) is 25.0. The number of hydrogen-bond donors (Lipinski definition) is 4. The molecule has 4 rings (SSSR count). The van der Waals surface area contributed by atoms with Crippen molar-refractivity contribution < 1.29 is 27.9 Å². The Labute approximate surface area is 197 Å². The number of benzene rings is 2. The Hall–Kier alpha value is -3.07. The van der Waals surface area contributed by atoms with E-state index in [-0.39, 0.29) is 17.4 Å². The molecule has 1 fully saturated rings. The molecule has 0 saturated carbocycles. The summed E-state index contributed by atoms with van der Waals surface area (Å²) >= 11 is 0. The third kappa shape index (κ3) is 3.81. The molecule has 2 heterocycles. The molecule has 13 heteroatoms. The van der Waals surface area contributed by atoms with Crippen LogP contribution in [0.4, 0.5) is 13.2 Å². The quantitative estimate of drug-likeness (QED) is 0.330. The Morgan fingerprint density at radius 3 is 2.29 bits per heavy atom. The number of carbonyl (C=O) groups excluding carboxylic acids is 2. The standard InChI is InChI=1S/C21H22B4F3N3O3/c22-20(23,21(24,25)19(34)31-17-13(32)7-29-18(17)33)14-11-5-10(27)6-12(28)16(11)30-15(14)8-1-3-9(26)4-2-8/h1-6,13,17,30,32H,7,22-25H2,(H,29,33)(H,31,34)/t13-,17+/m1/s1. The third-order valence-corrected chi connectivity index (χ3v) is 7.15. The highest BCUT2D eigenvalue weighted by atomic mass is 19.1. The van der Waals surface area contributed by atoms with Crippen molar-refractivity contribution >= 4 is 54.1 Å². The van der Waals surface area contributed by atoms with Crippen LogP contribution in [0, 0.1) is 17.5 Å². The lowest BCUT2D eigenvalue weighted by Gasteiger charge is -2.42. The van der Waals surface area contributed by atoms with Gasteiger partial charge in [-0.25, -0.2) is 13.2 Å². The monoisotopic (exact) mass is 465 g/mol. The summed E-state index contributed by atoms with van der Waals surface area (Å²) < 4.78 is 42.6. The van der Waals surface area contributed by atoms with E-state index in [2.05, 4.69) is 15.6 Å². The number of β-amino-alcohol motifs (C(OH)–C–C–N with tert-alkyl or cyclic N) is 1. The number of fused-ring (bicyclic) bond motifs is 1.